The molecule has 1 heterocycles. The van der Waals surface area contributed by atoms with E-state index in [1.165, 1.54) is 0 Å². The molecule has 1 aliphatic heterocycles. The van der Waals surface area contributed by atoms with Gasteiger partial charge in [0.1, 0.15) is 0 Å². The molecule has 1 unspecified atom stereocenters. The van der Waals surface area contributed by atoms with E-state index in [9.17, 15) is 18.0 Å². The molecule has 0 aromatic heterocycles. The van der Waals surface area contributed by atoms with E-state index >= 15 is 0 Å². The van der Waals surface area contributed by atoms with E-state index < -0.39 is 9.84 Å². The van der Waals surface area contributed by atoms with Gasteiger partial charge in [0.2, 0.25) is 5.91 Å². The van der Waals surface area contributed by atoms with Crippen LogP contribution in [0.15, 0.2) is 0 Å². The van der Waals surface area contributed by atoms with E-state index in [2.05, 4.69) is 5.32 Å². The first-order valence-corrected chi connectivity index (χ1v) is 8.38. The van der Waals surface area contributed by atoms with E-state index in [4.69, 9.17) is 4.74 Å². The molecule has 1 fully saturated rings. The van der Waals surface area contributed by atoms with Gasteiger partial charge in [-0.25, -0.2) is 8.42 Å². The normalized spacial score (nSPS) is 21.0. The first-order valence-electron chi connectivity index (χ1n) is 6.55. The van der Waals surface area contributed by atoms with E-state index in [-0.39, 0.29) is 42.1 Å². The van der Waals surface area contributed by atoms with Crippen molar-refractivity contribution in [3.05, 3.63) is 0 Å². The van der Waals surface area contributed by atoms with Crippen LogP contribution in [0, 0.1) is 5.92 Å². The van der Waals surface area contributed by atoms with Gasteiger partial charge in [0, 0.05) is 19.4 Å². The maximum absolute atomic E-state index is 11.6. The van der Waals surface area contributed by atoms with Crippen LogP contribution >= 0.6 is 0 Å². The molecule has 1 aliphatic rings. The molecule has 0 saturated carbocycles. The van der Waals surface area contributed by atoms with Crippen LogP contribution in [0.5, 0.6) is 0 Å². The predicted molar refractivity (Wildman–Crippen MR) is 70.3 cm³/mol. The molecule has 1 saturated heterocycles. The van der Waals surface area contributed by atoms with Gasteiger partial charge < -0.3 is 10.1 Å². The number of carbonyl (C=O) groups excluding carboxylic acids is 2. The summed E-state index contributed by atoms with van der Waals surface area (Å²) in [6.07, 6.45) is 1.64. The lowest BCUT2D eigenvalue weighted by molar-refractivity contribution is -0.143. The van der Waals surface area contributed by atoms with E-state index in [1.54, 1.807) is 6.92 Å². The number of carbonyl (C=O) groups is 2. The Balaban J connectivity index is 2.10. The summed E-state index contributed by atoms with van der Waals surface area (Å²) in [5.41, 5.74) is 0. The topological polar surface area (TPSA) is 89.5 Å². The number of rotatable bonds is 7. The monoisotopic (exact) mass is 291 g/mol. The third-order valence-electron chi connectivity index (χ3n) is 2.99. The molecule has 0 aromatic rings. The summed E-state index contributed by atoms with van der Waals surface area (Å²) in [5, 5.41) is 2.69. The molecule has 6 nitrogen and oxygen atoms in total. The molecule has 0 bridgehead atoms. The number of nitrogens with one attached hydrogen (secondary N) is 1. The van der Waals surface area contributed by atoms with Gasteiger partial charge in [-0.05, 0) is 25.7 Å². The molecular formula is C12H21NO5S. The van der Waals surface area contributed by atoms with Crippen molar-refractivity contribution in [3.63, 3.8) is 0 Å². The number of esters is 1. The van der Waals surface area contributed by atoms with Gasteiger partial charge in [0.15, 0.2) is 9.84 Å². The van der Waals surface area contributed by atoms with E-state index in [0.29, 0.717) is 26.0 Å². The summed E-state index contributed by atoms with van der Waals surface area (Å²) >= 11 is 0. The average molecular weight is 291 g/mol. The number of ether oxygens (including phenoxy) is 1. The second kappa shape index (κ2) is 7.47. The van der Waals surface area contributed by atoms with Gasteiger partial charge in [-0.1, -0.05) is 0 Å². The van der Waals surface area contributed by atoms with Crippen molar-refractivity contribution in [1.29, 1.82) is 0 Å². The van der Waals surface area contributed by atoms with Crippen LogP contribution < -0.4 is 5.32 Å². The zero-order valence-corrected chi connectivity index (χ0v) is 12.0. The molecule has 1 N–H and O–H groups in total. The summed E-state index contributed by atoms with van der Waals surface area (Å²) in [7, 11) is -2.93. The Morgan fingerprint density at radius 2 is 2.11 bits per heavy atom. The molecule has 0 spiro atoms. The Morgan fingerprint density at radius 1 is 1.37 bits per heavy atom. The molecule has 110 valence electrons. The van der Waals surface area contributed by atoms with Crippen LogP contribution in [0.25, 0.3) is 0 Å². The van der Waals surface area contributed by atoms with Gasteiger partial charge in [-0.2, -0.15) is 0 Å². The van der Waals surface area contributed by atoms with Gasteiger partial charge in [-0.3, -0.25) is 9.59 Å². The van der Waals surface area contributed by atoms with Crippen molar-refractivity contribution in [2.75, 3.05) is 24.7 Å². The minimum atomic E-state index is -2.93. The lowest BCUT2D eigenvalue weighted by atomic mass is 10.1. The Kier molecular flexibility index (Phi) is 6.27. The molecule has 7 heteroatoms. The lowest BCUT2D eigenvalue weighted by Gasteiger charge is -2.08. The fraction of sp³-hybridized carbons (Fsp3) is 0.833. The number of hydrogen-bond donors (Lipinski definition) is 1. The second-order valence-corrected chi connectivity index (χ2v) is 6.96. The number of hydrogen-bond acceptors (Lipinski definition) is 5. The van der Waals surface area contributed by atoms with Crippen molar-refractivity contribution in [1.82, 2.24) is 5.32 Å². The molecular weight excluding hydrogens is 270 g/mol. The van der Waals surface area contributed by atoms with Crippen molar-refractivity contribution >= 4 is 21.7 Å². The number of amides is 1. The lowest BCUT2D eigenvalue weighted by Crippen LogP contribution is -2.27. The summed E-state index contributed by atoms with van der Waals surface area (Å²) in [6, 6.07) is 0. The van der Waals surface area contributed by atoms with Crippen LogP contribution in [0.1, 0.15) is 32.6 Å². The van der Waals surface area contributed by atoms with Gasteiger partial charge in [0.25, 0.3) is 0 Å². The highest BCUT2D eigenvalue weighted by atomic mass is 32.2. The van der Waals surface area contributed by atoms with Crippen molar-refractivity contribution in [3.8, 4) is 0 Å². The third kappa shape index (κ3) is 6.56. The first-order chi connectivity index (χ1) is 8.93. The number of sulfone groups is 1. The predicted octanol–water partition coefficient (Wildman–Crippen LogP) is 0.271. The van der Waals surface area contributed by atoms with E-state index in [0.717, 1.165) is 0 Å². The average Bonchev–Trinajstić information content (AvgIpc) is 2.64. The second-order valence-electron chi connectivity index (χ2n) is 4.73. The minimum Gasteiger partial charge on any atom is -0.466 e. The smallest absolute Gasteiger partial charge is 0.305 e. The van der Waals surface area contributed by atoms with Crippen LogP contribution in [0.2, 0.25) is 0 Å². The zero-order valence-electron chi connectivity index (χ0n) is 11.2. The summed E-state index contributed by atoms with van der Waals surface area (Å²) < 4.78 is 27.2. The highest BCUT2D eigenvalue weighted by Gasteiger charge is 2.29. The summed E-state index contributed by atoms with van der Waals surface area (Å²) in [6.45, 7) is 2.52. The Bertz CT molecular complexity index is 418. The van der Waals surface area contributed by atoms with Crippen LogP contribution in [0.4, 0.5) is 0 Å². The Labute approximate surface area is 113 Å². The molecule has 1 amide bonds. The Hall–Kier alpha value is -1.11. The van der Waals surface area contributed by atoms with Crippen molar-refractivity contribution < 1.29 is 22.7 Å². The maximum atomic E-state index is 11.6. The summed E-state index contributed by atoms with van der Waals surface area (Å²) in [5.74, 6) is -0.170. The van der Waals surface area contributed by atoms with E-state index in [1.807, 2.05) is 0 Å². The largest absolute Gasteiger partial charge is 0.466 e. The SMILES string of the molecule is CCOC(=O)CCCNC(=O)CC1CCS(=O)(=O)C1. The quantitative estimate of drug-likeness (QED) is 0.537. The Morgan fingerprint density at radius 3 is 2.68 bits per heavy atom. The third-order valence-corrected chi connectivity index (χ3v) is 4.82. The van der Waals surface area contributed by atoms with Gasteiger partial charge in [-0.15, -0.1) is 0 Å². The fourth-order valence-corrected chi connectivity index (χ4v) is 3.92. The molecule has 0 radical (unpaired) electrons. The van der Waals surface area contributed by atoms with Gasteiger partial charge >= 0.3 is 5.97 Å². The molecule has 19 heavy (non-hydrogen) atoms. The fourth-order valence-electron chi connectivity index (χ4n) is 2.06. The summed E-state index contributed by atoms with van der Waals surface area (Å²) in [4.78, 5) is 22.6. The van der Waals surface area contributed by atoms with Crippen molar-refractivity contribution in [2.45, 2.75) is 32.6 Å². The van der Waals surface area contributed by atoms with Crippen LogP contribution in [-0.2, 0) is 24.2 Å². The minimum absolute atomic E-state index is 0.0601. The van der Waals surface area contributed by atoms with Crippen LogP contribution in [0.3, 0.4) is 0 Å². The zero-order chi connectivity index (χ0) is 14.3. The first kappa shape index (κ1) is 15.9. The maximum Gasteiger partial charge on any atom is 0.305 e. The molecule has 0 aromatic carbocycles. The molecule has 1 atom stereocenters. The molecule has 1 rings (SSSR count). The van der Waals surface area contributed by atoms with Crippen LogP contribution in [-0.4, -0.2) is 45.0 Å². The van der Waals surface area contributed by atoms with Gasteiger partial charge in [0.05, 0.1) is 18.1 Å². The highest BCUT2D eigenvalue weighted by Crippen LogP contribution is 2.21. The molecule has 0 aliphatic carbocycles. The standard InChI is InChI=1S/C12H21NO5S/c1-2-18-12(15)4-3-6-13-11(14)8-10-5-7-19(16,17)9-10/h10H,2-9H2,1H3,(H,13,14). The highest BCUT2D eigenvalue weighted by molar-refractivity contribution is 7.91. The van der Waals surface area contributed by atoms with Crippen molar-refractivity contribution in [2.24, 2.45) is 5.92 Å².